The molecule has 0 aliphatic carbocycles. The first-order chi connectivity index (χ1) is 9.49. The van der Waals surface area contributed by atoms with Gasteiger partial charge in [0.2, 0.25) is 0 Å². The van der Waals surface area contributed by atoms with E-state index in [2.05, 4.69) is 23.9 Å². The van der Waals surface area contributed by atoms with E-state index in [0.717, 1.165) is 31.5 Å². The van der Waals surface area contributed by atoms with Crippen molar-refractivity contribution in [2.75, 3.05) is 27.2 Å². The summed E-state index contributed by atoms with van der Waals surface area (Å²) in [6.45, 7) is 4.05. The van der Waals surface area contributed by atoms with Crippen LogP contribution in [0.15, 0.2) is 24.3 Å². The van der Waals surface area contributed by atoms with Crippen LogP contribution >= 0.6 is 0 Å². The Kier molecular flexibility index (Phi) is 5.13. The standard InChI is InChI=1S/C16H26FN3/c1-12(18)16(13-5-4-6-14(17)11-13)20-9-7-15(8-10-20)19(2)3/h4-6,11-12,15-16H,7-10,18H2,1-3H3. The van der Waals surface area contributed by atoms with Gasteiger partial charge in [0, 0.05) is 31.2 Å². The molecule has 4 heteroatoms. The number of piperidine rings is 1. The van der Waals surface area contributed by atoms with Gasteiger partial charge in [0.05, 0.1) is 0 Å². The van der Waals surface area contributed by atoms with E-state index >= 15 is 0 Å². The zero-order valence-electron chi connectivity index (χ0n) is 12.7. The number of nitrogens with two attached hydrogens (primary N) is 1. The van der Waals surface area contributed by atoms with Crippen molar-refractivity contribution in [2.24, 2.45) is 5.73 Å². The van der Waals surface area contributed by atoms with Gasteiger partial charge in [0.15, 0.2) is 0 Å². The van der Waals surface area contributed by atoms with Crippen molar-refractivity contribution in [3.8, 4) is 0 Å². The highest BCUT2D eigenvalue weighted by atomic mass is 19.1. The Balaban J connectivity index is 2.11. The highest BCUT2D eigenvalue weighted by molar-refractivity contribution is 5.22. The van der Waals surface area contributed by atoms with Gasteiger partial charge in [-0.3, -0.25) is 4.90 Å². The number of benzene rings is 1. The van der Waals surface area contributed by atoms with Crippen LogP contribution in [0.2, 0.25) is 0 Å². The van der Waals surface area contributed by atoms with E-state index < -0.39 is 0 Å². The van der Waals surface area contributed by atoms with Crippen LogP contribution in [0.5, 0.6) is 0 Å². The van der Waals surface area contributed by atoms with Crippen molar-refractivity contribution in [1.82, 2.24) is 9.80 Å². The van der Waals surface area contributed by atoms with Crippen LogP contribution in [0.1, 0.15) is 31.4 Å². The number of rotatable bonds is 4. The fourth-order valence-corrected chi connectivity index (χ4v) is 3.22. The Labute approximate surface area is 121 Å². The molecule has 0 bridgehead atoms. The van der Waals surface area contributed by atoms with Crippen molar-refractivity contribution in [2.45, 2.75) is 37.9 Å². The van der Waals surface area contributed by atoms with Crippen LogP contribution in [0.4, 0.5) is 4.39 Å². The first-order valence-corrected chi connectivity index (χ1v) is 7.40. The van der Waals surface area contributed by atoms with Gasteiger partial charge in [-0.2, -0.15) is 0 Å². The summed E-state index contributed by atoms with van der Waals surface area (Å²) in [4.78, 5) is 4.69. The zero-order valence-corrected chi connectivity index (χ0v) is 12.7. The molecular formula is C16H26FN3. The Morgan fingerprint density at radius 2 is 1.95 bits per heavy atom. The summed E-state index contributed by atoms with van der Waals surface area (Å²) in [6, 6.07) is 7.60. The number of likely N-dealkylation sites (tertiary alicyclic amines) is 1. The van der Waals surface area contributed by atoms with Gasteiger partial charge < -0.3 is 10.6 Å². The van der Waals surface area contributed by atoms with Crippen molar-refractivity contribution >= 4 is 0 Å². The monoisotopic (exact) mass is 279 g/mol. The molecule has 1 saturated heterocycles. The lowest BCUT2D eigenvalue weighted by Gasteiger charge is -2.41. The number of hydrogen-bond donors (Lipinski definition) is 1. The first-order valence-electron chi connectivity index (χ1n) is 7.40. The van der Waals surface area contributed by atoms with Crippen molar-refractivity contribution in [1.29, 1.82) is 0 Å². The van der Waals surface area contributed by atoms with E-state index in [-0.39, 0.29) is 17.9 Å². The van der Waals surface area contributed by atoms with Crippen molar-refractivity contribution < 1.29 is 4.39 Å². The fraction of sp³-hybridized carbons (Fsp3) is 0.625. The molecule has 2 atom stereocenters. The molecule has 2 N–H and O–H groups in total. The molecule has 20 heavy (non-hydrogen) atoms. The summed E-state index contributed by atoms with van der Waals surface area (Å²) in [5.74, 6) is -0.184. The van der Waals surface area contributed by atoms with E-state index in [1.165, 1.54) is 6.07 Å². The van der Waals surface area contributed by atoms with Gasteiger partial charge in [0.1, 0.15) is 5.82 Å². The van der Waals surface area contributed by atoms with Crippen LogP contribution in [-0.2, 0) is 0 Å². The molecule has 1 aliphatic heterocycles. The van der Waals surface area contributed by atoms with Gasteiger partial charge >= 0.3 is 0 Å². The molecule has 0 saturated carbocycles. The van der Waals surface area contributed by atoms with Crippen LogP contribution in [0.3, 0.4) is 0 Å². The van der Waals surface area contributed by atoms with Crippen molar-refractivity contribution in [3.05, 3.63) is 35.6 Å². The molecule has 0 radical (unpaired) electrons. The molecule has 112 valence electrons. The second-order valence-electron chi connectivity index (χ2n) is 6.09. The highest BCUT2D eigenvalue weighted by Gasteiger charge is 2.29. The molecule has 0 amide bonds. The Morgan fingerprint density at radius 1 is 1.30 bits per heavy atom. The zero-order chi connectivity index (χ0) is 14.7. The van der Waals surface area contributed by atoms with Gasteiger partial charge in [-0.15, -0.1) is 0 Å². The van der Waals surface area contributed by atoms with E-state index in [4.69, 9.17) is 5.73 Å². The van der Waals surface area contributed by atoms with Crippen LogP contribution in [0.25, 0.3) is 0 Å². The van der Waals surface area contributed by atoms with Crippen LogP contribution in [-0.4, -0.2) is 49.1 Å². The SMILES string of the molecule is CC(N)C(c1cccc(F)c1)N1CCC(N(C)C)CC1. The quantitative estimate of drug-likeness (QED) is 0.917. The van der Waals surface area contributed by atoms with E-state index in [1.807, 2.05) is 13.0 Å². The van der Waals surface area contributed by atoms with Gasteiger partial charge in [-0.1, -0.05) is 12.1 Å². The Morgan fingerprint density at radius 3 is 2.45 bits per heavy atom. The molecule has 0 aromatic heterocycles. The van der Waals surface area contributed by atoms with E-state index in [0.29, 0.717) is 6.04 Å². The Bertz CT molecular complexity index is 425. The third-order valence-corrected chi connectivity index (χ3v) is 4.31. The van der Waals surface area contributed by atoms with Gasteiger partial charge in [0.25, 0.3) is 0 Å². The predicted octanol–water partition coefficient (Wildman–Crippen LogP) is 2.24. The average Bonchev–Trinajstić information content (AvgIpc) is 2.39. The molecule has 1 heterocycles. The minimum atomic E-state index is -0.184. The lowest BCUT2D eigenvalue weighted by atomic mass is 9.95. The molecule has 3 nitrogen and oxygen atoms in total. The maximum absolute atomic E-state index is 13.5. The normalized spacial score (nSPS) is 21.1. The first kappa shape index (κ1) is 15.4. The largest absolute Gasteiger partial charge is 0.326 e. The summed E-state index contributed by atoms with van der Waals surface area (Å²) >= 11 is 0. The Hall–Kier alpha value is -0.970. The van der Waals surface area contributed by atoms with Crippen LogP contribution < -0.4 is 5.73 Å². The minimum Gasteiger partial charge on any atom is -0.326 e. The van der Waals surface area contributed by atoms with Crippen LogP contribution in [0, 0.1) is 5.82 Å². The second-order valence-corrected chi connectivity index (χ2v) is 6.09. The fourth-order valence-electron chi connectivity index (χ4n) is 3.22. The molecule has 1 aromatic carbocycles. The maximum Gasteiger partial charge on any atom is 0.123 e. The summed E-state index contributed by atoms with van der Waals surface area (Å²) in [6.07, 6.45) is 2.29. The van der Waals surface area contributed by atoms with Crippen molar-refractivity contribution in [3.63, 3.8) is 0 Å². The highest BCUT2D eigenvalue weighted by Crippen LogP contribution is 2.28. The molecule has 0 spiro atoms. The van der Waals surface area contributed by atoms with Gasteiger partial charge in [-0.05, 0) is 51.6 Å². The summed E-state index contributed by atoms with van der Waals surface area (Å²) in [7, 11) is 4.27. The lowest BCUT2D eigenvalue weighted by molar-refractivity contribution is 0.0981. The maximum atomic E-state index is 13.5. The van der Waals surface area contributed by atoms with E-state index in [9.17, 15) is 4.39 Å². The molecular weight excluding hydrogens is 253 g/mol. The summed E-state index contributed by atoms with van der Waals surface area (Å²) in [5, 5.41) is 0. The topological polar surface area (TPSA) is 32.5 Å². The second kappa shape index (κ2) is 6.66. The third-order valence-electron chi connectivity index (χ3n) is 4.31. The molecule has 1 fully saturated rings. The summed E-state index contributed by atoms with van der Waals surface area (Å²) < 4.78 is 13.5. The van der Waals surface area contributed by atoms with Gasteiger partial charge in [-0.25, -0.2) is 4.39 Å². The predicted molar refractivity (Wildman–Crippen MR) is 81.1 cm³/mol. The average molecular weight is 279 g/mol. The molecule has 1 aliphatic rings. The molecule has 2 unspecified atom stereocenters. The molecule has 1 aromatic rings. The summed E-state index contributed by atoms with van der Waals surface area (Å²) in [5.41, 5.74) is 7.16. The number of nitrogens with zero attached hydrogens (tertiary/aromatic N) is 2. The van der Waals surface area contributed by atoms with E-state index in [1.54, 1.807) is 12.1 Å². The molecule has 2 rings (SSSR count). The third kappa shape index (κ3) is 3.57. The lowest BCUT2D eigenvalue weighted by Crippen LogP contribution is -2.47. The number of halogens is 1. The smallest absolute Gasteiger partial charge is 0.123 e. The minimum absolute atomic E-state index is 0.00675. The number of hydrogen-bond acceptors (Lipinski definition) is 3.